The molecule has 0 spiro atoms. The minimum Gasteiger partial charge on any atom is -0.497 e. The van der Waals surface area contributed by atoms with E-state index in [1.807, 2.05) is 24.3 Å². The van der Waals surface area contributed by atoms with E-state index in [0.717, 1.165) is 35.3 Å². The molecule has 0 fully saturated rings. The highest BCUT2D eigenvalue weighted by atomic mass is 16.5. The summed E-state index contributed by atoms with van der Waals surface area (Å²) >= 11 is 0. The van der Waals surface area contributed by atoms with Crippen LogP contribution in [0.15, 0.2) is 28.7 Å². The molecular weight excluding hydrogens is 202 g/mol. The molecule has 1 atom stereocenters. The van der Waals surface area contributed by atoms with Crippen molar-refractivity contribution in [2.24, 2.45) is 5.73 Å². The van der Waals surface area contributed by atoms with Crippen LogP contribution in [-0.4, -0.2) is 7.11 Å². The van der Waals surface area contributed by atoms with E-state index in [0.29, 0.717) is 0 Å². The summed E-state index contributed by atoms with van der Waals surface area (Å²) in [6.45, 7) is 2.12. The quantitative estimate of drug-likeness (QED) is 0.858. The third-order valence-corrected chi connectivity index (χ3v) is 2.71. The van der Waals surface area contributed by atoms with Crippen molar-refractivity contribution >= 4 is 11.0 Å². The number of nitrogens with two attached hydrogens (primary N) is 1. The number of hydrogen-bond donors (Lipinski definition) is 1. The first-order chi connectivity index (χ1) is 7.74. The van der Waals surface area contributed by atoms with Gasteiger partial charge in [0.1, 0.15) is 17.1 Å². The predicted octanol–water partition coefficient (Wildman–Crippen LogP) is 3.24. The van der Waals surface area contributed by atoms with Gasteiger partial charge in [-0.3, -0.25) is 0 Å². The zero-order valence-electron chi connectivity index (χ0n) is 9.69. The SMILES string of the molecule is CCC[C@H](N)c1cc2cc(OC)ccc2o1. The van der Waals surface area contributed by atoms with Crippen molar-refractivity contribution in [3.8, 4) is 5.75 Å². The molecule has 86 valence electrons. The molecule has 0 saturated heterocycles. The zero-order valence-corrected chi connectivity index (χ0v) is 9.69. The second kappa shape index (κ2) is 4.58. The lowest BCUT2D eigenvalue weighted by molar-refractivity contribution is 0.415. The number of rotatable bonds is 4. The van der Waals surface area contributed by atoms with Crippen LogP contribution >= 0.6 is 0 Å². The maximum absolute atomic E-state index is 6.01. The number of fused-ring (bicyclic) bond motifs is 1. The van der Waals surface area contributed by atoms with Gasteiger partial charge in [0, 0.05) is 5.39 Å². The minimum absolute atomic E-state index is 0.0107. The van der Waals surface area contributed by atoms with Gasteiger partial charge in [-0.15, -0.1) is 0 Å². The van der Waals surface area contributed by atoms with Crippen LogP contribution in [0, 0.1) is 0 Å². The Kier molecular flexibility index (Phi) is 3.15. The van der Waals surface area contributed by atoms with Crippen molar-refractivity contribution in [1.82, 2.24) is 0 Å². The summed E-state index contributed by atoms with van der Waals surface area (Å²) in [6.07, 6.45) is 2.00. The largest absolute Gasteiger partial charge is 0.497 e. The Morgan fingerprint density at radius 2 is 2.19 bits per heavy atom. The van der Waals surface area contributed by atoms with Gasteiger partial charge in [0.05, 0.1) is 13.2 Å². The average Bonchev–Trinajstić information content (AvgIpc) is 2.71. The molecule has 0 bridgehead atoms. The van der Waals surface area contributed by atoms with Crippen molar-refractivity contribution in [2.75, 3.05) is 7.11 Å². The Bertz CT molecular complexity index is 476. The van der Waals surface area contributed by atoms with Gasteiger partial charge in [0.25, 0.3) is 0 Å². The molecule has 1 heterocycles. The molecule has 0 aliphatic heterocycles. The second-order valence-corrected chi connectivity index (χ2v) is 3.95. The summed E-state index contributed by atoms with van der Waals surface area (Å²) in [7, 11) is 1.66. The highest BCUT2D eigenvalue weighted by Gasteiger charge is 2.11. The topological polar surface area (TPSA) is 48.4 Å². The van der Waals surface area contributed by atoms with Gasteiger partial charge in [-0.2, -0.15) is 0 Å². The molecule has 0 aliphatic rings. The highest BCUT2D eigenvalue weighted by Crippen LogP contribution is 2.27. The zero-order chi connectivity index (χ0) is 11.5. The first kappa shape index (κ1) is 11.0. The molecule has 2 rings (SSSR count). The summed E-state index contributed by atoms with van der Waals surface area (Å²) in [6, 6.07) is 7.75. The minimum atomic E-state index is -0.0107. The van der Waals surface area contributed by atoms with Crippen molar-refractivity contribution in [3.05, 3.63) is 30.0 Å². The van der Waals surface area contributed by atoms with E-state index in [4.69, 9.17) is 14.9 Å². The van der Waals surface area contributed by atoms with E-state index in [1.54, 1.807) is 7.11 Å². The molecule has 2 aromatic rings. The van der Waals surface area contributed by atoms with E-state index in [2.05, 4.69) is 6.92 Å². The summed E-state index contributed by atoms with van der Waals surface area (Å²) in [5, 5.41) is 1.04. The molecule has 16 heavy (non-hydrogen) atoms. The molecule has 0 radical (unpaired) electrons. The van der Waals surface area contributed by atoms with Crippen molar-refractivity contribution in [1.29, 1.82) is 0 Å². The molecular formula is C13H17NO2. The van der Waals surface area contributed by atoms with Gasteiger partial charge in [-0.1, -0.05) is 13.3 Å². The highest BCUT2D eigenvalue weighted by molar-refractivity contribution is 5.79. The molecule has 3 heteroatoms. The van der Waals surface area contributed by atoms with Gasteiger partial charge in [-0.05, 0) is 30.7 Å². The fourth-order valence-electron chi connectivity index (χ4n) is 1.80. The Hall–Kier alpha value is -1.48. The van der Waals surface area contributed by atoms with E-state index >= 15 is 0 Å². The maximum Gasteiger partial charge on any atom is 0.134 e. The Balaban J connectivity index is 2.35. The van der Waals surface area contributed by atoms with Crippen LogP contribution in [-0.2, 0) is 0 Å². The Labute approximate surface area is 95.2 Å². The molecule has 0 aliphatic carbocycles. The smallest absolute Gasteiger partial charge is 0.134 e. The van der Waals surface area contributed by atoms with Crippen LogP contribution in [0.25, 0.3) is 11.0 Å². The van der Waals surface area contributed by atoms with Crippen LogP contribution in [0.1, 0.15) is 31.6 Å². The summed E-state index contributed by atoms with van der Waals surface area (Å²) in [4.78, 5) is 0. The van der Waals surface area contributed by atoms with E-state index in [1.165, 1.54) is 0 Å². The second-order valence-electron chi connectivity index (χ2n) is 3.95. The number of ether oxygens (including phenoxy) is 1. The van der Waals surface area contributed by atoms with Gasteiger partial charge in [0.2, 0.25) is 0 Å². The van der Waals surface area contributed by atoms with E-state index < -0.39 is 0 Å². The fourth-order valence-corrected chi connectivity index (χ4v) is 1.80. The van der Waals surface area contributed by atoms with Crippen LogP contribution in [0.4, 0.5) is 0 Å². The first-order valence-corrected chi connectivity index (χ1v) is 5.57. The van der Waals surface area contributed by atoms with Crippen molar-refractivity contribution < 1.29 is 9.15 Å². The predicted molar refractivity (Wildman–Crippen MR) is 64.6 cm³/mol. The molecule has 1 aromatic heterocycles. The lowest BCUT2D eigenvalue weighted by atomic mass is 10.1. The molecule has 1 aromatic carbocycles. The van der Waals surface area contributed by atoms with E-state index in [9.17, 15) is 0 Å². The number of furan rings is 1. The first-order valence-electron chi connectivity index (χ1n) is 5.57. The van der Waals surface area contributed by atoms with Crippen LogP contribution in [0.2, 0.25) is 0 Å². The van der Waals surface area contributed by atoms with Crippen LogP contribution in [0.5, 0.6) is 5.75 Å². The van der Waals surface area contributed by atoms with Crippen LogP contribution in [0.3, 0.4) is 0 Å². The normalized spacial score (nSPS) is 12.9. The summed E-state index contributed by atoms with van der Waals surface area (Å²) in [5.74, 6) is 1.69. The molecule has 0 amide bonds. The lowest BCUT2D eigenvalue weighted by Crippen LogP contribution is -2.08. The third kappa shape index (κ3) is 2.04. The monoisotopic (exact) mass is 219 g/mol. The molecule has 0 unspecified atom stereocenters. The molecule has 0 saturated carbocycles. The number of benzene rings is 1. The van der Waals surface area contributed by atoms with Gasteiger partial charge in [-0.25, -0.2) is 0 Å². The summed E-state index contributed by atoms with van der Waals surface area (Å²) < 4.78 is 10.9. The van der Waals surface area contributed by atoms with Crippen LogP contribution < -0.4 is 10.5 Å². The summed E-state index contributed by atoms with van der Waals surface area (Å²) in [5.41, 5.74) is 6.88. The average molecular weight is 219 g/mol. The Morgan fingerprint density at radius 1 is 1.38 bits per heavy atom. The van der Waals surface area contributed by atoms with Crippen molar-refractivity contribution in [2.45, 2.75) is 25.8 Å². The third-order valence-electron chi connectivity index (χ3n) is 2.71. The fraction of sp³-hybridized carbons (Fsp3) is 0.385. The molecule has 2 N–H and O–H groups in total. The van der Waals surface area contributed by atoms with E-state index in [-0.39, 0.29) is 6.04 Å². The standard InChI is InChI=1S/C13H17NO2/c1-3-4-11(14)13-8-9-7-10(15-2)5-6-12(9)16-13/h5-8,11H,3-4,14H2,1-2H3/t11-/m0/s1. The maximum atomic E-state index is 6.01. The van der Waals surface area contributed by atoms with Gasteiger partial charge < -0.3 is 14.9 Å². The van der Waals surface area contributed by atoms with Gasteiger partial charge in [0.15, 0.2) is 0 Å². The Morgan fingerprint density at radius 3 is 2.88 bits per heavy atom. The van der Waals surface area contributed by atoms with Crippen molar-refractivity contribution in [3.63, 3.8) is 0 Å². The molecule has 3 nitrogen and oxygen atoms in total. The van der Waals surface area contributed by atoms with Gasteiger partial charge >= 0.3 is 0 Å². The lowest BCUT2D eigenvalue weighted by Gasteiger charge is -2.04. The number of hydrogen-bond acceptors (Lipinski definition) is 3. The number of methoxy groups -OCH3 is 1.